The van der Waals surface area contributed by atoms with Crippen LogP contribution in [0.2, 0.25) is 0 Å². The zero-order valence-electron chi connectivity index (χ0n) is 14.6. The quantitative estimate of drug-likeness (QED) is 0.521. The Morgan fingerprint density at radius 3 is 2.96 bits per heavy atom. The van der Waals surface area contributed by atoms with Crippen LogP contribution in [-0.4, -0.2) is 38.0 Å². The van der Waals surface area contributed by atoms with Crippen molar-refractivity contribution < 1.29 is 9.53 Å². The van der Waals surface area contributed by atoms with Crippen molar-refractivity contribution in [3.8, 4) is 11.4 Å². The van der Waals surface area contributed by atoms with Gasteiger partial charge < -0.3 is 4.74 Å². The Morgan fingerprint density at radius 1 is 1.19 bits per heavy atom. The third kappa shape index (κ3) is 3.65. The predicted octanol–water partition coefficient (Wildman–Crippen LogP) is 3.09. The Bertz CT molecular complexity index is 1090. The minimum Gasteiger partial charge on any atom is -0.497 e. The van der Waals surface area contributed by atoms with Crippen LogP contribution in [0.3, 0.4) is 0 Å². The van der Waals surface area contributed by atoms with Crippen LogP contribution in [0.5, 0.6) is 5.75 Å². The van der Waals surface area contributed by atoms with E-state index < -0.39 is 0 Å². The minimum absolute atomic E-state index is 0.136. The molecule has 0 aliphatic rings. The molecule has 136 valence electrons. The average Bonchev–Trinajstić information content (AvgIpc) is 3.34. The maximum atomic E-state index is 12.4. The number of fused-ring (bicyclic) bond motifs is 1. The number of nitrogens with zero attached hydrogens (tertiary/aromatic N) is 4. The van der Waals surface area contributed by atoms with Gasteiger partial charge in [-0.15, -0.1) is 0 Å². The summed E-state index contributed by atoms with van der Waals surface area (Å²) in [5, 5.41) is 0.730. The summed E-state index contributed by atoms with van der Waals surface area (Å²) < 4.78 is 8.83. The van der Waals surface area contributed by atoms with Crippen LogP contribution in [0, 0.1) is 0 Å². The normalized spacial score (nSPS) is 10.9. The fourth-order valence-electron chi connectivity index (χ4n) is 2.70. The van der Waals surface area contributed by atoms with E-state index in [1.165, 1.54) is 11.8 Å². The van der Waals surface area contributed by atoms with Gasteiger partial charge in [-0.25, -0.2) is 14.6 Å². The van der Waals surface area contributed by atoms with Gasteiger partial charge in [0.1, 0.15) is 12.1 Å². The molecule has 0 bridgehead atoms. The summed E-state index contributed by atoms with van der Waals surface area (Å²) in [5.74, 6) is 0.859. The highest BCUT2D eigenvalue weighted by atomic mass is 32.2. The molecular weight excluding hydrogens is 362 g/mol. The van der Waals surface area contributed by atoms with E-state index in [2.05, 4.69) is 15.4 Å². The summed E-state index contributed by atoms with van der Waals surface area (Å²) in [6.07, 6.45) is 5.17. The van der Waals surface area contributed by atoms with Gasteiger partial charge in [0, 0.05) is 18.5 Å². The number of methoxy groups -OCH3 is 1. The van der Waals surface area contributed by atoms with Crippen molar-refractivity contribution in [3.05, 3.63) is 67.3 Å². The maximum absolute atomic E-state index is 12.4. The van der Waals surface area contributed by atoms with E-state index in [0.29, 0.717) is 0 Å². The van der Waals surface area contributed by atoms with Crippen molar-refractivity contribution >= 4 is 28.7 Å². The molecule has 1 amide bonds. The Labute approximate surface area is 160 Å². The van der Waals surface area contributed by atoms with Gasteiger partial charge in [0.05, 0.1) is 29.6 Å². The second kappa shape index (κ2) is 7.55. The van der Waals surface area contributed by atoms with E-state index in [4.69, 9.17) is 4.74 Å². The number of hydrogen-bond acceptors (Lipinski definition) is 5. The van der Waals surface area contributed by atoms with Gasteiger partial charge in [-0.05, 0) is 24.3 Å². The van der Waals surface area contributed by atoms with Crippen molar-refractivity contribution in [2.45, 2.75) is 5.16 Å². The van der Waals surface area contributed by atoms with Crippen LogP contribution in [-0.2, 0) is 4.79 Å². The molecule has 2 heterocycles. The van der Waals surface area contributed by atoms with E-state index in [0.717, 1.165) is 27.6 Å². The van der Waals surface area contributed by atoms with Crippen LogP contribution >= 0.6 is 11.8 Å². The van der Waals surface area contributed by atoms with Gasteiger partial charge >= 0.3 is 0 Å². The van der Waals surface area contributed by atoms with E-state index in [-0.39, 0.29) is 11.7 Å². The molecule has 0 aliphatic carbocycles. The smallest absolute Gasteiger partial charge is 0.249 e. The summed E-state index contributed by atoms with van der Waals surface area (Å²) in [4.78, 5) is 21.0. The van der Waals surface area contributed by atoms with Crippen LogP contribution < -0.4 is 10.2 Å². The standard InChI is InChI=1S/C19H17N5O2S/c1-26-15-6-4-5-14(11-15)23-10-9-20-19(23)27-12-18(25)22-24-13-21-16-7-2-3-8-17(16)24/h2-11,13H,12H2,1H3,(H,22,25). The Hall–Kier alpha value is -3.26. The summed E-state index contributed by atoms with van der Waals surface area (Å²) in [7, 11) is 1.63. The zero-order valence-corrected chi connectivity index (χ0v) is 15.4. The van der Waals surface area contributed by atoms with Gasteiger partial charge in [-0.1, -0.05) is 30.0 Å². The molecule has 0 aliphatic heterocycles. The third-order valence-electron chi connectivity index (χ3n) is 3.97. The molecule has 0 saturated carbocycles. The SMILES string of the molecule is COc1cccc(-n2ccnc2SCC(=O)Nn2cnc3ccccc32)c1. The summed E-state index contributed by atoms with van der Waals surface area (Å²) in [6, 6.07) is 15.3. The topological polar surface area (TPSA) is 74.0 Å². The third-order valence-corrected chi connectivity index (χ3v) is 4.94. The number of thioether (sulfide) groups is 1. The van der Waals surface area contributed by atoms with Crippen molar-refractivity contribution in [2.75, 3.05) is 18.3 Å². The van der Waals surface area contributed by atoms with Gasteiger partial charge in [-0.3, -0.25) is 14.8 Å². The highest BCUT2D eigenvalue weighted by molar-refractivity contribution is 7.99. The van der Waals surface area contributed by atoms with Crippen molar-refractivity contribution in [1.82, 2.24) is 19.2 Å². The summed E-state index contributed by atoms with van der Waals surface area (Å²) >= 11 is 1.36. The number of amides is 1. The van der Waals surface area contributed by atoms with E-state index in [1.807, 2.05) is 59.3 Å². The first kappa shape index (κ1) is 17.2. The first-order valence-electron chi connectivity index (χ1n) is 8.27. The van der Waals surface area contributed by atoms with Gasteiger partial charge in [0.25, 0.3) is 0 Å². The second-order valence-corrected chi connectivity index (χ2v) is 6.65. The Balaban J connectivity index is 1.45. The van der Waals surface area contributed by atoms with Gasteiger partial charge in [0.2, 0.25) is 5.91 Å². The molecule has 0 unspecified atom stereocenters. The molecule has 8 heteroatoms. The number of para-hydroxylation sites is 2. The summed E-state index contributed by atoms with van der Waals surface area (Å²) in [5.41, 5.74) is 5.46. The average molecular weight is 379 g/mol. The van der Waals surface area contributed by atoms with Crippen molar-refractivity contribution in [1.29, 1.82) is 0 Å². The highest BCUT2D eigenvalue weighted by Gasteiger charge is 2.11. The number of benzene rings is 2. The molecule has 7 nitrogen and oxygen atoms in total. The molecule has 0 fully saturated rings. The number of imidazole rings is 2. The van der Waals surface area contributed by atoms with Crippen molar-refractivity contribution in [3.63, 3.8) is 0 Å². The molecule has 4 rings (SSSR count). The first-order valence-corrected chi connectivity index (χ1v) is 9.25. The molecule has 27 heavy (non-hydrogen) atoms. The van der Waals surface area contributed by atoms with Gasteiger partial charge in [0.15, 0.2) is 5.16 Å². The van der Waals surface area contributed by atoms with Crippen LogP contribution in [0.4, 0.5) is 0 Å². The van der Waals surface area contributed by atoms with Crippen LogP contribution in [0.15, 0.2) is 72.4 Å². The number of ether oxygens (including phenoxy) is 1. The maximum Gasteiger partial charge on any atom is 0.249 e. The van der Waals surface area contributed by atoms with E-state index in [1.54, 1.807) is 24.3 Å². The number of aromatic nitrogens is 4. The van der Waals surface area contributed by atoms with Crippen molar-refractivity contribution in [2.24, 2.45) is 0 Å². The summed E-state index contributed by atoms with van der Waals surface area (Å²) in [6.45, 7) is 0. The number of nitrogens with one attached hydrogen (secondary N) is 1. The van der Waals surface area contributed by atoms with E-state index >= 15 is 0 Å². The molecule has 0 radical (unpaired) electrons. The lowest BCUT2D eigenvalue weighted by Crippen LogP contribution is -2.23. The van der Waals surface area contributed by atoms with Gasteiger partial charge in [-0.2, -0.15) is 0 Å². The Kier molecular flexibility index (Phi) is 4.80. The molecule has 0 spiro atoms. The lowest BCUT2D eigenvalue weighted by atomic mass is 10.3. The molecule has 2 aromatic carbocycles. The minimum atomic E-state index is -0.136. The number of carbonyl (C=O) groups excluding carboxylic acids is 1. The molecule has 2 aromatic heterocycles. The number of rotatable bonds is 6. The molecule has 0 atom stereocenters. The number of hydrogen-bond donors (Lipinski definition) is 1. The highest BCUT2D eigenvalue weighted by Crippen LogP contribution is 2.23. The molecular formula is C19H17N5O2S. The van der Waals surface area contributed by atoms with Crippen LogP contribution in [0.25, 0.3) is 16.7 Å². The lowest BCUT2D eigenvalue weighted by molar-refractivity contribution is -0.114. The second-order valence-electron chi connectivity index (χ2n) is 5.71. The Morgan fingerprint density at radius 2 is 2.07 bits per heavy atom. The monoisotopic (exact) mass is 379 g/mol. The predicted molar refractivity (Wildman–Crippen MR) is 105 cm³/mol. The fraction of sp³-hybridized carbons (Fsp3) is 0.105. The number of carbonyl (C=O) groups is 1. The zero-order chi connectivity index (χ0) is 18.6. The van der Waals surface area contributed by atoms with Crippen LogP contribution in [0.1, 0.15) is 0 Å². The van der Waals surface area contributed by atoms with E-state index in [9.17, 15) is 4.79 Å². The molecule has 4 aromatic rings. The lowest BCUT2D eigenvalue weighted by Gasteiger charge is -2.10. The molecule has 0 saturated heterocycles. The fourth-order valence-corrected chi connectivity index (χ4v) is 3.46. The largest absolute Gasteiger partial charge is 0.497 e. The molecule has 1 N–H and O–H groups in total. The first-order chi connectivity index (χ1) is 13.2.